The summed E-state index contributed by atoms with van der Waals surface area (Å²) < 4.78 is 5.63. The highest BCUT2D eigenvalue weighted by Crippen LogP contribution is 2.24. The molecule has 0 aromatic heterocycles. The minimum absolute atomic E-state index is 0.0716. The van der Waals surface area contributed by atoms with Crippen LogP contribution in [0.15, 0.2) is 42.5 Å². The van der Waals surface area contributed by atoms with Crippen LogP contribution < -0.4 is 15.4 Å². The van der Waals surface area contributed by atoms with Gasteiger partial charge in [0, 0.05) is 18.1 Å². The molecule has 0 aliphatic rings. The smallest absolute Gasteiger partial charge is 0.255 e. The Hall–Kier alpha value is -2.24. The predicted molar refractivity (Wildman–Crippen MR) is 103 cm³/mol. The van der Waals surface area contributed by atoms with E-state index in [0.717, 1.165) is 0 Å². The van der Waals surface area contributed by atoms with E-state index in [1.807, 2.05) is 13.8 Å². The molecule has 2 N–H and O–H groups in total. The highest BCUT2D eigenvalue weighted by molar-refractivity contribution is 6.33. The van der Waals surface area contributed by atoms with Gasteiger partial charge in [0.15, 0.2) is 0 Å². The number of amides is 2. The molecule has 138 valence electrons. The molecule has 7 heteroatoms. The number of halogens is 2. The van der Waals surface area contributed by atoms with Crippen LogP contribution in [0.4, 0.5) is 0 Å². The molecule has 2 aromatic rings. The number of nitrogens with one attached hydrogen (secondary N) is 2. The largest absolute Gasteiger partial charge is 0.490 e. The van der Waals surface area contributed by atoms with E-state index in [0.29, 0.717) is 26.9 Å². The maximum Gasteiger partial charge on any atom is 0.255 e. The lowest BCUT2D eigenvalue weighted by molar-refractivity contribution is 0.0924. The monoisotopic (exact) mass is 394 g/mol. The van der Waals surface area contributed by atoms with Crippen molar-refractivity contribution in [2.75, 3.05) is 13.1 Å². The van der Waals surface area contributed by atoms with Crippen molar-refractivity contribution in [1.82, 2.24) is 10.6 Å². The van der Waals surface area contributed by atoms with Crippen LogP contribution in [0.5, 0.6) is 5.75 Å². The van der Waals surface area contributed by atoms with Crippen molar-refractivity contribution in [3.8, 4) is 5.75 Å². The normalized spacial score (nSPS) is 10.5. The van der Waals surface area contributed by atoms with E-state index in [-0.39, 0.29) is 31.0 Å². The van der Waals surface area contributed by atoms with Crippen LogP contribution in [-0.2, 0) is 0 Å². The Morgan fingerprint density at radius 2 is 1.58 bits per heavy atom. The predicted octanol–water partition coefficient (Wildman–Crippen LogP) is 3.94. The Kier molecular flexibility index (Phi) is 7.30. The fourth-order valence-electron chi connectivity index (χ4n) is 2.22. The molecule has 2 rings (SSSR count). The van der Waals surface area contributed by atoms with Gasteiger partial charge in [0.25, 0.3) is 11.8 Å². The summed E-state index contributed by atoms with van der Waals surface area (Å²) in [5, 5.41) is 6.27. The van der Waals surface area contributed by atoms with Crippen LogP contribution in [0.1, 0.15) is 34.6 Å². The third-order valence-electron chi connectivity index (χ3n) is 3.36. The van der Waals surface area contributed by atoms with Crippen LogP contribution in [0.3, 0.4) is 0 Å². The number of rotatable bonds is 7. The van der Waals surface area contributed by atoms with Gasteiger partial charge < -0.3 is 15.4 Å². The molecule has 0 bridgehead atoms. The Labute approximate surface area is 162 Å². The lowest BCUT2D eigenvalue weighted by atomic mass is 10.2. The molecule has 26 heavy (non-hydrogen) atoms. The molecular formula is C19H20Cl2N2O3. The molecule has 5 nitrogen and oxygen atoms in total. The summed E-state index contributed by atoms with van der Waals surface area (Å²) in [6.45, 7) is 4.26. The standard InChI is InChI=1S/C19H20Cl2N2O3/c1-12(2)26-17-8-7-13(20)11-15(17)19(25)23-10-9-22-18(24)14-5-3-4-6-16(14)21/h3-8,11-12H,9-10H2,1-2H3,(H,22,24)(H,23,25). The van der Waals surface area contributed by atoms with Crippen molar-refractivity contribution in [3.05, 3.63) is 63.6 Å². The summed E-state index contributed by atoms with van der Waals surface area (Å²) >= 11 is 12.0. The Balaban J connectivity index is 1.90. The lowest BCUT2D eigenvalue weighted by Gasteiger charge is -2.14. The second-order valence-corrected chi connectivity index (χ2v) is 6.64. The van der Waals surface area contributed by atoms with Crippen molar-refractivity contribution in [2.24, 2.45) is 0 Å². The number of carbonyl (C=O) groups is 2. The molecule has 0 aliphatic carbocycles. The molecular weight excluding hydrogens is 375 g/mol. The van der Waals surface area contributed by atoms with Crippen LogP contribution in [0, 0.1) is 0 Å². The molecule has 0 radical (unpaired) electrons. The Morgan fingerprint density at radius 1 is 0.962 bits per heavy atom. The first-order valence-electron chi connectivity index (χ1n) is 8.15. The average Bonchev–Trinajstić information content (AvgIpc) is 2.60. The van der Waals surface area contributed by atoms with Gasteiger partial charge in [-0.05, 0) is 44.2 Å². The third-order valence-corrected chi connectivity index (χ3v) is 3.93. The van der Waals surface area contributed by atoms with Gasteiger partial charge in [-0.1, -0.05) is 35.3 Å². The van der Waals surface area contributed by atoms with Gasteiger partial charge in [-0.15, -0.1) is 0 Å². The van der Waals surface area contributed by atoms with E-state index in [1.165, 1.54) is 0 Å². The second kappa shape index (κ2) is 9.46. The molecule has 0 unspecified atom stereocenters. The fraction of sp³-hybridized carbons (Fsp3) is 0.263. The first kappa shape index (κ1) is 20.1. The van der Waals surface area contributed by atoms with E-state index < -0.39 is 0 Å². The average molecular weight is 395 g/mol. The molecule has 2 aromatic carbocycles. The van der Waals surface area contributed by atoms with E-state index in [2.05, 4.69) is 10.6 Å². The zero-order valence-corrected chi connectivity index (χ0v) is 16.0. The summed E-state index contributed by atoms with van der Waals surface area (Å²) in [6, 6.07) is 11.7. The number of hydrogen-bond acceptors (Lipinski definition) is 3. The van der Waals surface area contributed by atoms with Crippen LogP contribution in [0.2, 0.25) is 10.0 Å². The Morgan fingerprint density at radius 3 is 2.19 bits per heavy atom. The van der Waals surface area contributed by atoms with Gasteiger partial charge in [-0.3, -0.25) is 9.59 Å². The van der Waals surface area contributed by atoms with Crippen LogP contribution >= 0.6 is 23.2 Å². The minimum atomic E-state index is -0.324. The first-order chi connectivity index (χ1) is 12.4. The maximum absolute atomic E-state index is 12.4. The SMILES string of the molecule is CC(C)Oc1ccc(Cl)cc1C(=O)NCCNC(=O)c1ccccc1Cl. The van der Waals surface area contributed by atoms with E-state index in [1.54, 1.807) is 42.5 Å². The quantitative estimate of drug-likeness (QED) is 0.698. The highest BCUT2D eigenvalue weighted by Gasteiger charge is 2.14. The highest BCUT2D eigenvalue weighted by atomic mass is 35.5. The van der Waals surface area contributed by atoms with Crippen molar-refractivity contribution in [2.45, 2.75) is 20.0 Å². The summed E-state index contributed by atoms with van der Waals surface area (Å²) in [5.74, 6) is -0.159. The molecule has 0 heterocycles. The molecule has 0 spiro atoms. The molecule has 2 amide bonds. The van der Waals surface area contributed by atoms with E-state index >= 15 is 0 Å². The van der Waals surface area contributed by atoms with Crippen LogP contribution in [0.25, 0.3) is 0 Å². The second-order valence-electron chi connectivity index (χ2n) is 5.80. The molecule has 0 saturated carbocycles. The van der Waals surface area contributed by atoms with Crippen LogP contribution in [-0.4, -0.2) is 31.0 Å². The van der Waals surface area contributed by atoms with Gasteiger partial charge in [0.2, 0.25) is 0 Å². The molecule has 0 aliphatic heterocycles. The van der Waals surface area contributed by atoms with E-state index in [4.69, 9.17) is 27.9 Å². The zero-order chi connectivity index (χ0) is 19.1. The summed E-state index contributed by atoms with van der Waals surface area (Å²) in [7, 11) is 0. The molecule has 0 fully saturated rings. The summed E-state index contributed by atoms with van der Waals surface area (Å²) in [6.07, 6.45) is -0.0716. The first-order valence-corrected chi connectivity index (χ1v) is 8.91. The van der Waals surface area contributed by atoms with Crippen molar-refractivity contribution in [3.63, 3.8) is 0 Å². The number of ether oxygens (including phenoxy) is 1. The third kappa shape index (κ3) is 5.64. The summed E-state index contributed by atoms with van der Waals surface area (Å²) in [5.41, 5.74) is 0.742. The van der Waals surface area contributed by atoms with Crippen molar-refractivity contribution >= 4 is 35.0 Å². The van der Waals surface area contributed by atoms with Gasteiger partial charge in [-0.25, -0.2) is 0 Å². The maximum atomic E-state index is 12.4. The summed E-state index contributed by atoms with van der Waals surface area (Å²) in [4.78, 5) is 24.4. The van der Waals surface area contributed by atoms with Crippen molar-refractivity contribution < 1.29 is 14.3 Å². The number of carbonyl (C=O) groups excluding carboxylic acids is 2. The number of benzene rings is 2. The zero-order valence-electron chi connectivity index (χ0n) is 14.5. The Bertz CT molecular complexity index is 794. The van der Waals surface area contributed by atoms with Crippen molar-refractivity contribution in [1.29, 1.82) is 0 Å². The minimum Gasteiger partial charge on any atom is -0.490 e. The molecule has 0 atom stereocenters. The number of hydrogen-bond donors (Lipinski definition) is 2. The van der Waals surface area contributed by atoms with Gasteiger partial charge in [0.1, 0.15) is 5.75 Å². The fourth-order valence-corrected chi connectivity index (χ4v) is 2.62. The van der Waals surface area contributed by atoms with Gasteiger partial charge >= 0.3 is 0 Å². The lowest BCUT2D eigenvalue weighted by Crippen LogP contribution is -2.35. The van der Waals surface area contributed by atoms with Gasteiger partial charge in [0.05, 0.1) is 22.3 Å². The van der Waals surface area contributed by atoms with E-state index in [9.17, 15) is 9.59 Å². The van der Waals surface area contributed by atoms with Gasteiger partial charge in [-0.2, -0.15) is 0 Å². The molecule has 0 saturated heterocycles. The topological polar surface area (TPSA) is 67.4 Å².